The molecule has 0 saturated carbocycles. The Balaban J connectivity index is 2.44. The molecule has 2 unspecified atom stereocenters. The average Bonchev–Trinajstić information content (AvgIpc) is 3.06. The fourth-order valence-electron chi connectivity index (χ4n) is 4.46. The van der Waals surface area contributed by atoms with Crippen LogP contribution in [0.2, 0.25) is 36.3 Å². The van der Waals surface area contributed by atoms with Gasteiger partial charge in [0.2, 0.25) is 0 Å². The average molecular weight is 522 g/mol. The minimum atomic E-state index is -2.34. The maximum Gasteiger partial charge on any atom is 0.302 e. The first-order valence-electron chi connectivity index (χ1n) is 13.2. The summed E-state index contributed by atoms with van der Waals surface area (Å²) in [6.07, 6.45) is 3.87. The van der Waals surface area contributed by atoms with E-state index in [1.165, 1.54) is 12.5 Å². The molecule has 2 atom stereocenters. The minimum absolute atomic E-state index is 0.108. The van der Waals surface area contributed by atoms with Gasteiger partial charge >= 0.3 is 5.97 Å². The van der Waals surface area contributed by atoms with Crippen LogP contribution in [-0.4, -0.2) is 57.1 Å². The maximum atomic E-state index is 11.7. The maximum absolute atomic E-state index is 11.7. The first kappa shape index (κ1) is 30.2. The lowest BCUT2D eigenvalue weighted by atomic mass is 9.87. The highest BCUT2D eigenvalue weighted by molar-refractivity contribution is 6.74. The van der Waals surface area contributed by atoms with Crippen molar-refractivity contribution in [1.82, 2.24) is 4.90 Å². The van der Waals surface area contributed by atoms with Crippen LogP contribution < -0.4 is 0 Å². The minimum Gasteiger partial charge on any atom is -0.464 e. The Kier molecular flexibility index (Phi) is 9.65. The number of likely N-dealkylation sites (tertiary alicyclic amines) is 1. The van der Waals surface area contributed by atoms with E-state index in [4.69, 9.17) is 9.16 Å². The summed E-state index contributed by atoms with van der Waals surface area (Å²) >= 11 is 0. The number of carbonyl (C=O) groups excluding carboxylic acids is 1. The van der Waals surface area contributed by atoms with Crippen LogP contribution in [0.25, 0.3) is 0 Å². The third-order valence-corrected chi connectivity index (χ3v) is 17.1. The van der Waals surface area contributed by atoms with E-state index in [2.05, 4.69) is 76.9 Å². The lowest BCUT2D eigenvalue weighted by Crippen LogP contribution is -2.55. The number of esters is 1. The van der Waals surface area contributed by atoms with Crippen LogP contribution in [0.1, 0.15) is 72.8 Å². The molecular weight excluding hydrogens is 470 g/mol. The Morgan fingerprint density at radius 1 is 1.11 bits per heavy atom. The van der Waals surface area contributed by atoms with Gasteiger partial charge in [-0.15, -0.1) is 0 Å². The van der Waals surface area contributed by atoms with Crippen LogP contribution >= 0.6 is 0 Å². The lowest BCUT2D eigenvalue weighted by Gasteiger charge is -2.47. The predicted octanol–water partition coefficient (Wildman–Crippen LogP) is 6.73. The largest absolute Gasteiger partial charge is 0.464 e. The molecule has 35 heavy (non-hydrogen) atoms. The highest BCUT2D eigenvalue weighted by Gasteiger charge is 2.50. The topological polar surface area (TPSA) is 59.0 Å². The molecule has 1 heterocycles. The number of hydrogen-bond donors (Lipinski definition) is 1. The van der Waals surface area contributed by atoms with Crippen LogP contribution in [-0.2, 0) is 20.5 Å². The fraction of sp³-hybridized carbons (Fsp3) is 0.750. The van der Waals surface area contributed by atoms with Gasteiger partial charge in [-0.25, -0.2) is 0 Å². The second-order valence-electron chi connectivity index (χ2n) is 13.3. The number of carbonyl (C=O) groups is 1. The molecule has 0 spiro atoms. The zero-order chi connectivity index (χ0) is 26.7. The Morgan fingerprint density at radius 2 is 1.71 bits per heavy atom. The van der Waals surface area contributed by atoms with Crippen molar-refractivity contribution in [2.24, 2.45) is 0 Å². The van der Waals surface area contributed by atoms with Gasteiger partial charge in [-0.05, 0) is 67.5 Å². The highest BCUT2D eigenvalue weighted by Crippen LogP contribution is 2.47. The SMILES string of the molecule is CC(=O)OCC1CCC(CCC(C)(C)[Si](C)(C)O)(CO[Si](C)(C)C(C)(C)C)N1Cc1ccccc1. The summed E-state index contributed by atoms with van der Waals surface area (Å²) in [5, 5.41) is 0.0246. The Labute approximate surface area is 216 Å². The van der Waals surface area contributed by atoms with Crippen molar-refractivity contribution in [1.29, 1.82) is 0 Å². The predicted molar refractivity (Wildman–Crippen MR) is 150 cm³/mol. The zero-order valence-electron chi connectivity index (χ0n) is 24.0. The summed E-state index contributed by atoms with van der Waals surface area (Å²) in [4.78, 5) is 25.3. The normalized spacial score (nSPS) is 22.4. The van der Waals surface area contributed by atoms with Gasteiger partial charge < -0.3 is 14.0 Å². The van der Waals surface area contributed by atoms with Crippen molar-refractivity contribution >= 4 is 22.6 Å². The van der Waals surface area contributed by atoms with Crippen LogP contribution in [0.15, 0.2) is 30.3 Å². The van der Waals surface area contributed by atoms with E-state index in [-0.39, 0.29) is 27.6 Å². The summed E-state index contributed by atoms with van der Waals surface area (Å²) in [5.41, 5.74) is 1.10. The van der Waals surface area contributed by atoms with E-state index >= 15 is 0 Å². The van der Waals surface area contributed by atoms with Gasteiger partial charge in [0.15, 0.2) is 16.6 Å². The van der Waals surface area contributed by atoms with Crippen molar-refractivity contribution < 1.29 is 18.8 Å². The number of ether oxygens (including phenoxy) is 1. The molecule has 1 aromatic rings. The number of hydrogen-bond acceptors (Lipinski definition) is 5. The molecule has 2 rings (SSSR count). The van der Waals surface area contributed by atoms with Crippen LogP contribution in [0.5, 0.6) is 0 Å². The molecule has 0 bridgehead atoms. The van der Waals surface area contributed by atoms with E-state index in [1.54, 1.807) is 0 Å². The summed E-state index contributed by atoms with van der Waals surface area (Å²) in [6, 6.07) is 10.7. The number of nitrogens with zero attached hydrogens (tertiary/aromatic N) is 1. The molecule has 1 fully saturated rings. The molecule has 200 valence electrons. The van der Waals surface area contributed by atoms with Gasteiger partial charge in [-0.1, -0.05) is 65.0 Å². The second kappa shape index (κ2) is 11.2. The monoisotopic (exact) mass is 521 g/mol. The smallest absolute Gasteiger partial charge is 0.302 e. The van der Waals surface area contributed by atoms with E-state index in [9.17, 15) is 9.59 Å². The third kappa shape index (κ3) is 7.74. The van der Waals surface area contributed by atoms with Gasteiger partial charge in [-0.2, -0.15) is 0 Å². The molecule has 1 aliphatic heterocycles. The molecule has 0 aliphatic carbocycles. The van der Waals surface area contributed by atoms with Crippen LogP contribution in [0.4, 0.5) is 0 Å². The van der Waals surface area contributed by atoms with Gasteiger partial charge in [0.25, 0.3) is 0 Å². The zero-order valence-corrected chi connectivity index (χ0v) is 26.0. The van der Waals surface area contributed by atoms with Gasteiger partial charge in [0.05, 0.1) is 6.61 Å². The molecule has 5 nitrogen and oxygen atoms in total. The van der Waals surface area contributed by atoms with Gasteiger partial charge in [0, 0.05) is 25.0 Å². The van der Waals surface area contributed by atoms with Gasteiger partial charge in [0.1, 0.15) is 6.61 Å². The van der Waals surface area contributed by atoms with Gasteiger partial charge in [-0.3, -0.25) is 9.69 Å². The third-order valence-electron chi connectivity index (χ3n) is 9.05. The van der Waals surface area contributed by atoms with Crippen LogP contribution in [0, 0.1) is 0 Å². The molecule has 1 aromatic carbocycles. The Hall–Kier alpha value is -0.996. The van der Waals surface area contributed by atoms with E-state index in [1.807, 2.05) is 19.2 Å². The van der Waals surface area contributed by atoms with Crippen LogP contribution in [0.3, 0.4) is 0 Å². The van der Waals surface area contributed by atoms with Crippen molar-refractivity contribution in [3.63, 3.8) is 0 Å². The number of benzene rings is 1. The molecule has 1 saturated heterocycles. The second-order valence-corrected chi connectivity index (χ2v) is 22.6. The standard InChI is InChI=1S/C28H51NO4Si2/c1-23(30)32-21-25-16-17-28(19-18-27(5,6)34(7,8)31,22-33-35(9,10)26(2,3)4)29(25)20-24-14-12-11-13-15-24/h11-15,25,31H,16-22H2,1-10H3. The molecule has 0 amide bonds. The summed E-state index contributed by atoms with van der Waals surface area (Å²) in [7, 11) is -4.31. The van der Waals surface area contributed by atoms with Crippen molar-refractivity contribution in [3.8, 4) is 0 Å². The summed E-state index contributed by atoms with van der Waals surface area (Å²) < 4.78 is 12.5. The first-order valence-corrected chi connectivity index (χ1v) is 19.1. The summed E-state index contributed by atoms with van der Waals surface area (Å²) in [6.45, 7) is 23.4. The molecular formula is C28H51NO4Si2. The molecule has 0 aromatic heterocycles. The van der Waals surface area contributed by atoms with Crippen molar-refractivity contribution in [2.45, 2.75) is 122 Å². The Bertz CT molecular complexity index is 798. The molecule has 1 aliphatic rings. The van der Waals surface area contributed by atoms with E-state index < -0.39 is 16.6 Å². The Morgan fingerprint density at radius 3 is 2.23 bits per heavy atom. The quantitative estimate of drug-likeness (QED) is 0.258. The summed E-state index contributed by atoms with van der Waals surface area (Å²) in [5.74, 6) is -0.228. The van der Waals surface area contributed by atoms with Crippen molar-refractivity contribution in [3.05, 3.63) is 35.9 Å². The molecule has 1 N–H and O–H groups in total. The van der Waals surface area contributed by atoms with E-state index in [0.29, 0.717) is 13.2 Å². The van der Waals surface area contributed by atoms with E-state index in [0.717, 1.165) is 32.2 Å². The fourth-order valence-corrected chi connectivity index (χ4v) is 6.26. The first-order chi connectivity index (χ1) is 15.9. The number of rotatable bonds is 11. The molecule has 7 heteroatoms. The molecule has 0 radical (unpaired) electrons. The highest BCUT2D eigenvalue weighted by atomic mass is 28.4. The lowest BCUT2D eigenvalue weighted by molar-refractivity contribution is -0.143. The van der Waals surface area contributed by atoms with Crippen molar-refractivity contribution in [2.75, 3.05) is 13.2 Å².